The van der Waals surface area contributed by atoms with E-state index in [1.807, 2.05) is 0 Å². The second-order valence-electron chi connectivity index (χ2n) is 6.79. The van der Waals surface area contributed by atoms with Crippen LogP contribution in [0.25, 0.3) is 0 Å². The van der Waals surface area contributed by atoms with Crippen molar-refractivity contribution in [3.63, 3.8) is 0 Å². The molecule has 4 aliphatic rings. The molecule has 0 aromatic heterocycles. The average molecular weight is 394 g/mol. The monoisotopic (exact) mass is 394 g/mol. The Morgan fingerprint density at radius 1 is 0.720 bits per heavy atom. The van der Waals surface area contributed by atoms with Crippen LogP contribution in [0.4, 0.5) is 26.3 Å². The highest BCUT2D eigenvalue weighted by Gasteiger charge is 2.84. The Labute approximate surface area is 148 Å². The second-order valence-corrected chi connectivity index (χ2v) is 9.88. The van der Waals surface area contributed by atoms with Gasteiger partial charge in [0.15, 0.2) is 0 Å². The highest BCUT2D eigenvalue weighted by molar-refractivity contribution is 8.09. The molecule has 0 nitrogen and oxygen atoms in total. The maximum absolute atomic E-state index is 14.5. The molecule has 0 saturated carbocycles. The topological polar surface area (TPSA) is 0 Å². The van der Waals surface area contributed by atoms with E-state index in [0.717, 1.165) is 23.5 Å². The summed E-state index contributed by atoms with van der Waals surface area (Å²) < 4.78 is 84.1. The second kappa shape index (κ2) is 4.27. The van der Waals surface area contributed by atoms with Crippen LogP contribution in [0.1, 0.15) is 13.8 Å². The van der Waals surface area contributed by atoms with Crippen LogP contribution in [0.5, 0.6) is 0 Å². The molecule has 0 N–H and O–H groups in total. The molecular weight excluding hydrogens is 382 g/mol. The van der Waals surface area contributed by atoms with Crippen LogP contribution in [0.3, 0.4) is 0 Å². The van der Waals surface area contributed by atoms with Crippen LogP contribution < -0.4 is 0 Å². The van der Waals surface area contributed by atoms with Gasteiger partial charge in [-0.15, -0.1) is 23.5 Å². The summed E-state index contributed by atoms with van der Waals surface area (Å²) in [6.07, 6.45) is 2.46. The number of hydrogen-bond acceptors (Lipinski definition) is 2. The van der Waals surface area contributed by atoms with Crippen LogP contribution in [0.2, 0.25) is 0 Å². The average Bonchev–Trinajstić information content (AvgIpc) is 2.95. The molecule has 0 fully saturated rings. The number of rotatable bonds is 0. The van der Waals surface area contributed by atoms with E-state index in [-0.39, 0.29) is 11.1 Å². The summed E-state index contributed by atoms with van der Waals surface area (Å²) >= 11 is 2.26. The SMILES string of the molecule is C=C1C=C2C3=C(C4=CC(=C)S[C@@]4(C)[C@]2(C)S1)C(F)(F)C(F)(F)C3(F)F. The van der Waals surface area contributed by atoms with Crippen molar-refractivity contribution in [3.05, 3.63) is 57.4 Å². The number of alkyl halides is 6. The van der Waals surface area contributed by atoms with Gasteiger partial charge in [-0.25, -0.2) is 0 Å². The molecule has 2 heterocycles. The third kappa shape index (κ3) is 1.58. The Morgan fingerprint density at radius 2 is 1.04 bits per heavy atom. The minimum absolute atomic E-state index is 0.193. The molecule has 4 rings (SSSR count). The van der Waals surface area contributed by atoms with Crippen molar-refractivity contribution >= 4 is 23.5 Å². The van der Waals surface area contributed by atoms with Gasteiger partial charge in [0.1, 0.15) is 0 Å². The zero-order valence-corrected chi connectivity index (χ0v) is 14.8. The van der Waals surface area contributed by atoms with Crippen molar-refractivity contribution in [2.45, 2.75) is 41.1 Å². The van der Waals surface area contributed by atoms with Crippen molar-refractivity contribution in [2.75, 3.05) is 0 Å². The van der Waals surface area contributed by atoms with Crippen molar-refractivity contribution < 1.29 is 26.3 Å². The summed E-state index contributed by atoms with van der Waals surface area (Å²) in [6, 6.07) is 0. The maximum Gasteiger partial charge on any atom is 0.380 e. The molecule has 0 spiro atoms. The molecule has 0 unspecified atom stereocenters. The fourth-order valence-electron chi connectivity index (χ4n) is 4.05. The van der Waals surface area contributed by atoms with E-state index in [1.165, 1.54) is 12.2 Å². The van der Waals surface area contributed by atoms with Gasteiger partial charge in [-0.3, -0.25) is 0 Å². The summed E-state index contributed by atoms with van der Waals surface area (Å²) in [5, 5.41) is 0. The third-order valence-corrected chi connectivity index (χ3v) is 8.39. The number of fused-ring (bicyclic) bond motifs is 5. The van der Waals surface area contributed by atoms with Gasteiger partial charge in [0.2, 0.25) is 0 Å². The van der Waals surface area contributed by atoms with E-state index in [1.54, 1.807) is 13.8 Å². The van der Waals surface area contributed by atoms with Crippen molar-refractivity contribution in [3.8, 4) is 0 Å². The van der Waals surface area contributed by atoms with Crippen LogP contribution >= 0.6 is 23.5 Å². The first kappa shape index (κ1) is 17.4. The molecule has 0 amide bonds. The Kier molecular flexibility index (Phi) is 2.97. The Bertz CT molecular complexity index is 794. The fraction of sp³-hybridized carbons (Fsp3) is 0.412. The van der Waals surface area contributed by atoms with Crippen LogP contribution in [-0.2, 0) is 0 Å². The number of thioether (sulfide) groups is 2. The minimum Gasteiger partial charge on any atom is -0.194 e. The van der Waals surface area contributed by atoms with Crippen LogP contribution in [0.15, 0.2) is 57.4 Å². The van der Waals surface area contributed by atoms with Crippen molar-refractivity contribution in [1.29, 1.82) is 0 Å². The molecule has 0 bridgehead atoms. The minimum atomic E-state index is -5.50. The number of halogens is 6. The molecule has 0 saturated heterocycles. The first-order valence-corrected chi connectivity index (χ1v) is 8.95. The largest absolute Gasteiger partial charge is 0.380 e. The molecule has 0 radical (unpaired) electrons. The maximum atomic E-state index is 14.5. The molecule has 0 aromatic rings. The lowest BCUT2D eigenvalue weighted by Crippen LogP contribution is -2.50. The molecule has 25 heavy (non-hydrogen) atoms. The summed E-state index contributed by atoms with van der Waals surface area (Å²) in [6.45, 7) is 10.6. The number of allylic oxidation sites excluding steroid dienone is 4. The van der Waals surface area contributed by atoms with Gasteiger partial charge in [-0.2, -0.15) is 26.3 Å². The van der Waals surface area contributed by atoms with Gasteiger partial charge >= 0.3 is 17.8 Å². The van der Waals surface area contributed by atoms with E-state index < -0.39 is 38.4 Å². The standard InChI is InChI=1S/C17H12F6S2/c1-7-5-9-11-12(16(20,21)17(22,23)15(11,18)19)10-6-8(2)25-14(10,4)13(9,3)24-7/h5-6H,1-2H2,3-4H3/t13-,14-/m1/s1. The smallest absolute Gasteiger partial charge is 0.194 e. The summed E-state index contributed by atoms with van der Waals surface area (Å²) in [5.41, 5.74) is -2.90. The quantitative estimate of drug-likeness (QED) is 0.455. The molecule has 2 atom stereocenters. The Morgan fingerprint density at radius 3 is 1.36 bits per heavy atom. The van der Waals surface area contributed by atoms with E-state index in [2.05, 4.69) is 13.2 Å². The molecule has 2 aliphatic heterocycles. The van der Waals surface area contributed by atoms with Gasteiger partial charge in [0, 0.05) is 21.0 Å². The molecule has 8 heteroatoms. The van der Waals surface area contributed by atoms with Crippen molar-refractivity contribution in [1.82, 2.24) is 0 Å². The van der Waals surface area contributed by atoms with E-state index in [9.17, 15) is 26.3 Å². The fourth-order valence-corrected chi connectivity index (χ4v) is 6.86. The lowest BCUT2D eigenvalue weighted by molar-refractivity contribution is -0.263. The zero-order chi connectivity index (χ0) is 18.8. The van der Waals surface area contributed by atoms with Crippen LogP contribution in [-0.4, -0.2) is 27.3 Å². The molecule has 134 valence electrons. The molecule has 2 aliphatic carbocycles. The van der Waals surface area contributed by atoms with Crippen LogP contribution in [0, 0.1) is 0 Å². The summed E-state index contributed by atoms with van der Waals surface area (Å²) in [5.74, 6) is -15.4. The van der Waals surface area contributed by atoms with Crippen molar-refractivity contribution in [2.24, 2.45) is 0 Å². The first-order valence-electron chi connectivity index (χ1n) is 7.31. The molecular formula is C17H12F6S2. The zero-order valence-electron chi connectivity index (χ0n) is 13.2. The Balaban J connectivity index is 2.16. The Hall–Kier alpha value is -1.02. The van der Waals surface area contributed by atoms with E-state index in [4.69, 9.17) is 0 Å². The van der Waals surface area contributed by atoms with Gasteiger partial charge in [0.05, 0.1) is 9.49 Å². The molecule has 0 aromatic carbocycles. The van der Waals surface area contributed by atoms with Gasteiger partial charge < -0.3 is 0 Å². The van der Waals surface area contributed by atoms with E-state index >= 15 is 0 Å². The first-order chi connectivity index (χ1) is 11.2. The van der Waals surface area contributed by atoms with Gasteiger partial charge in [-0.1, -0.05) is 13.2 Å². The lowest BCUT2D eigenvalue weighted by Gasteiger charge is -2.48. The van der Waals surface area contributed by atoms with E-state index in [0.29, 0.717) is 9.81 Å². The predicted molar refractivity (Wildman–Crippen MR) is 88.3 cm³/mol. The highest BCUT2D eigenvalue weighted by atomic mass is 32.2. The third-order valence-electron chi connectivity index (χ3n) is 5.42. The number of hydrogen-bond donors (Lipinski definition) is 0. The summed E-state index contributed by atoms with van der Waals surface area (Å²) in [4.78, 5) is 0.749. The predicted octanol–water partition coefficient (Wildman–Crippen LogP) is 6.11. The lowest BCUT2D eigenvalue weighted by atomic mass is 9.69. The summed E-state index contributed by atoms with van der Waals surface area (Å²) in [7, 11) is 0. The van der Waals surface area contributed by atoms with Gasteiger partial charge in [-0.05, 0) is 37.1 Å². The highest BCUT2D eigenvalue weighted by Crippen LogP contribution is 2.75. The normalized spacial score (nSPS) is 39.8. The van der Waals surface area contributed by atoms with Gasteiger partial charge in [0.25, 0.3) is 0 Å².